The van der Waals surface area contributed by atoms with Crippen molar-refractivity contribution in [3.8, 4) is 0 Å². The van der Waals surface area contributed by atoms with E-state index in [2.05, 4.69) is 4.98 Å². The van der Waals surface area contributed by atoms with Gasteiger partial charge in [0.2, 0.25) is 0 Å². The summed E-state index contributed by atoms with van der Waals surface area (Å²) in [7, 11) is 1.59. The second-order valence-corrected chi connectivity index (χ2v) is 3.45. The number of pyridine rings is 1. The summed E-state index contributed by atoms with van der Waals surface area (Å²) in [6.45, 7) is 0.180. The van der Waals surface area contributed by atoms with E-state index in [1.165, 1.54) is 17.2 Å². The summed E-state index contributed by atoms with van der Waals surface area (Å²) in [5.74, 6) is -0.0588. The number of nitrogens with zero attached hydrogens (tertiary/aromatic N) is 2. The minimum atomic E-state index is -0.251. The lowest BCUT2D eigenvalue weighted by molar-refractivity contribution is 0.0766. The Morgan fingerprint density at radius 1 is 1.73 bits per heavy atom. The van der Waals surface area contributed by atoms with Gasteiger partial charge in [-0.15, -0.1) is 0 Å². The van der Waals surface area contributed by atoms with Crippen LogP contribution in [0.2, 0.25) is 5.02 Å². The number of aliphatic hydroxyl groups excluding tert-OH is 1. The number of likely N-dealkylation sites (N-methyl/N-ethyl adjacent to an activating group) is 1. The number of hydrogen-bond acceptors (Lipinski definition) is 4. The van der Waals surface area contributed by atoms with E-state index in [1.54, 1.807) is 7.05 Å². The van der Waals surface area contributed by atoms with Crippen molar-refractivity contribution in [3.63, 3.8) is 0 Å². The zero-order valence-corrected chi connectivity index (χ0v) is 9.03. The average molecular weight is 230 g/mol. The Morgan fingerprint density at radius 2 is 2.40 bits per heavy atom. The molecule has 0 aromatic carbocycles. The summed E-state index contributed by atoms with van der Waals surface area (Å²) in [6, 6.07) is 1.46. The quantitative estimate of drug-likeness (QED) is 0.786. The molecule has 0 radical (unpaired) electrons. The van der Waals surface area contributed by atoms with Gasteiger partial charge in [-0.1, -0.05) is 11.6 Å². The van der Waals surface area contributed by atoms with Gasteiger partial charge in [0.15, 0.2) is 0 Å². The highest BCUT2D eigenvalue weighted by molar-refractivity contribution is 6.33. The van der Waals surface area contributed by atoms with Crippen LogP contribution in [0.5, 0.6) is 0 Å². The van der Waals surface area contributed by atoms with Crippen LogP contribution in [0.4, 0.5) is 5.82 Å². The Kier molecular flexibility index (Phi) is 3.88. The van der Waals surface area contributed by atoms with E-state index in [0.717, 1.165) is 0 Å². The monoisotopic (exact) mass is 229 g/mol. The van der Waals surface area contributed by atoms with Crippen molar-refractivity contribution in [2.75, 3.05) is 25.9 Å². The number of rotatable bonds is 3. The largest absolute Gasteiger partial charge is 0.395 e. The summed E-state index contributed by atoms with van der Waals surface area (Å²) in [5.41, 5.74) is 5.77. The molecule has 0 fully saturated rings. The van der Waals surface area contributed by atoms with Gasteiger partial charge in [-0.2, -0.15) is 0 Å². The molecular weight excluding hydrogens is 218 g/mol. The molecule has 0 unspecified atom stereocenters. The molecule has 0 spiro atoms. The Labute approximate surface area is 92.5 Å². The number of amides is 1. The Hall–Kier alpha value is -1.33. The predicted molar refractivity (Wildman–Crippen MR) is 57.7 cm³/mol. The van der Waals surface area contributed by atoms with Crippen LogP contribution in [-0.4, -0.2) is 41.1 Å². The topological polar surface area (TPSA) is 79.5 Å². The van der Waals surface area contributed by atoms with E-state index in [4.69, 9.17) is 22.4 Å². The lowest BCUT2D eigenvalue weighted by Gasteiger charge is -2.15. The number of hydrogen-bond donors (Lipinski definition) is 2. The van der Waals surface area contributed by atoms with Gasteiger partial charge in [0.05, 0.1) is 17.2 Å². The molecule has 0 saturated heterocycles. The number of carbonyl (C=O) groups excluding carboxylic acids is 1. The fraction of sp³-hybridized carbons (Fsp3) is 0.333. The van der Waals surface area contributed by atoms with Gasteiger partial charge in [-0.05, 0) is 6.07 Å². The highest BCUT2D eigenvalue weighted by Crippen LogP contribution is 2.17. The first kappa shape index (κ1) is 11.7. The molecule has 3 N–H and O–H groups in total. The Balaban J connectivity index is 2.87. The molecule has 0 atom stereocenters. The third kappa shape index (κ3) is 2.81. The molecule has 0 aliphatic heterocycles. The molecule has 0 aliphatic carbocycles. The molecule has 1 rings (SSSR count). The summed E-state index contributed by atoms with van der Waals surface area (Å²) in [5, 5.41) is 8.92. The van der Waals surface area contributed by atoms with Gasteiger partial charge in [0, 0.05) is 19.8 Å². The van der Waals surface area contributed by atoms with Gasteiger partial charge in [0.1, 0.15) is 5.82 Å². The van der Waals surface area contributed by atoms with Crippen molar-refractivity contribution in [2.45, 2.75) is 0 Å². The molecule has 15 heavy (non-hydrogen) atoms. The summed E-state index contributed by atoms with van der Waals surface area (Å²) < 4.78 is 0. The molecule has 6 heteroatoms. The van der Waals surface area contributed by atoms with Gasteiger partial charge in [-0.3, -0.25) is 4.79 Å². The zero-order valence-electron chi connectivity index (χ0n) is 8.27. The van der Waals surface area contributed by atoms with Crippen molar-refractivity contribution >= 4 is 23.3 Å². The van der Waals surface area contributed by atoms with Gasteiger partial charge in [0.25, 0.3) is 5.91 Å². The van der Waals surface area contributed by atoms with Crippen molar-refractivity contribution < 1.29 is 9.90 Å². The predicted octanol–water partition coefficient (Wildman–Crippen LogP) is 0.382. The van der Waals surface area contributed by atoms with E-state index >= 15 is 0 Å². The van der Waals surface area contributed by atoms with E-state index in [1.807, 2.05) is 0 Å². The maximum atomic E-state index is 11.7. The SMILES string of the molecule is CN(CCO)C(=O)c1cnc(N)c(Cl)c1. The fourth-order valence-electron chi connectivity index (χ4n) is 1.04. The first-order valence-corrected chi connectivity index (χ1v) is 4.71. The molecule has 0 bridgehead atoms. The summed E-state index contributed by atoms with van der Waals surface area (Å²) >= 11 is 5.73. The van der Waals surface area contributed by atoms with E-state index in [9.17, 15) is 4.79 Å². The molecule has 5 nitrogen and oxygen atoms in total. The first-order valence-electron chi connectivity index (χ1n) is 4.33. The Morgan fingerprint density at radius 3 is 2.93 bits per heavy atom. The fourth-order valence-corrected chi connectivity index (χ4v) is 1.20. The van der Waals surface area contributed by atoms with Crippen LogP contribution in [0, 0.1) is 0 Å². The number of nitrogens with two attached hydrogens (primary N) is 1. The van der Waals surface area contributed by atoms with Gasteiger partial charge >= 0.3 is 0 Å². The second-order valence-electron chi connectivity index (χ2n) is 3.04. The minimum absolute atomic E-state index is 0.0849. The summed E-state index contributed by atoms with van der Waals surface area (Å²) in [4.78, 5) is 16.8. The van der Waals surface area contributed by atoms with Gasteiger partial charge in [-0.25, -0.2) is 4.98 Å². The molecule has 82 valence electrons. The van der Waals surface area contributed by atoms with Crippen molar-refractivity contribution in [1.29, 1.82) is 0 Å². The number of halogens is 1. The number of nitrogen functional groups attached to an aromatic ring is 1. The lowest BCUT2D eigenvalue weighted by atomic mass is 10.2. The van der Waals surface area contributed by atoms with Gasteiger partial charge < -0.3 is 15.7 Å². The van der Waals surface area contributed by atoms with Crippen molar-refractivity contribution in [2.24, 2.45) is 0 Å². The molecule has 1 heterocycles. The smallest absolute Gasteiger partial charge is 0.255 e. The van der Waals surface area contributed by atoms with E-state index < -0.39 is 0 Å². The standard InChI is InChI=1S/C9H12ClN3O2/c1-13(2-3-14)9(15)6-4-7(10)8(11)12-5-6/h4-5,14H,2-3H2,1H3,(H2,11,12). The van der Waals surface area contributed by atoms with Crippen LogP contribution in [0.3, 0.4) is 0 Å². The minimum Gasteiger partial charge on any atom is -0.395 e. The van der Waals surface area contributed by atoms with Crippen LogP contribution in [0.15, 0.2) is 12.3 Å². The normalized spacial score (nSPS) is 10.1. The van der Waals surface area contributed by atoms with Crippen LogP contribution < -0.4 is 5.73 Å². The zero-order chi connectivity index (χ0) is 11.4. The van der Waals surface area contributed by atoms with E-state index in [0.29, 0.717) is 5.56 Å². The van der Waals surface area contributed by atoms with Crippen LogP contribution in [0.1, 0.15) is 10.4 Å². The lowest BCUT2D eigenvalue weighted by Crippen LogP contribution is -2.29. The van der Waals surface area contributed by atoms with Crippen molar-refractivity contribution in [3.05, 3.63) is 22.8 Å². The third-order valence-electron chi connectivity index (χ3n) is 1.90. The molecular formula is C9H12ClN3O2. The highest BCUT2D eigenvalue weighted by Gasteiger charge is 2.12. The highest BCUT2D eigenvalue weighted by atomic mass is 35.5. The molecule has 0 saturated carbocycles. The van der Waals surface area contributed by atoms with Crippen molar-refractivity contribution in [1.82, 2.24) is 9.88 Å². The van der Waals surface area contributed by atoms with Crippen LogP contribution in [-0.2, 0) is 0 Å². The number of aromatic nitrogens is 1. The van der Waals surface area contributed by atoms with E-state index in [-0.39, 0.29) is 29.9 Å². The molecule has 1 aromatic rings. The first-order chi connectivity index (χ1) is 7.06. The molecule has 1 aromatic heterocycles. The number of anilines is 1. The summed E-state index contributed by atoms with van der Waals surface area (Å²) in [6.07, 6.45) is 1.36. The molecule has 1 amide bonds. The molecule has 0 aliphatic rings. The maximum absolute atomic E-state index is 11.7. The number of carbonyl (C=O) groups is 1. The second kappa shape index (κ2) is 4.95. The van der Waals surface area contributed by atoms with Crippen LogP contribution >= 0.6 is 11.6 Å². The third-order valence-corrected chi connectivity index (χ3v) is 2.20. The number of aliphatic hydroxyl groups is 1. The maximum Gasteiger partial charge on any atom is 0.255 e. The Bertz CT molecular complexity index is 370. The average Bonchev–Trinajstić information content (AvgIpc) is 2.21. The van der Waals surface area contributed by atoms with Crippen LogP contribution in [0.25, 0.3) is 0 Å².